The first-order valence-corrected chi connectivity index (χ1v) is 5.98. The second-order valence-corrected chi connectivity index (χ2v) is 4.30. The van der Waals surface area contributed by atoms with Crippen LogP contribution < -0.4 is 0 Å². The monoisotopic (exact) mass is 240 g/mol. The zero-order valence-corrected chi connectivity index (χ0v) is 9.88. The summed E-state index contributed by atoms with van der Waals surface area (Å²) in [5, 5.41) is 5.52. The van der Waals surface area contributed by atoms with Gasteiger partial charge in [0.2, 0.25) is 0 Å². The molecule has 3 heteroatoms. The van der Waals surface area contributed by atoms with Crippen LogP contribution in [0.4, 0.5) is 4.39 Å². The fourth-order valence-electron chi connectivity index (χ4n) is 2.09. The molecule has 2 aromatic carbocycles. The molecule has 2 nitrogen and oxygen atoms in total. The average Bonchev–Trinajstić information content (AvgIpc) is 2.82. The van der Waals surface area contributed by atoms with Crippen LogP contribution in [0.1, 0.15) is 5.56 Å². The highest BCUT2D eigenvalue weighted by Crippen LogP contribution is 2.13. The van der Waals surface area contributed by atoms with Crippen molar-refractivity contribution in [2.75, 3.05) is 0 Å². The smallest absolute Gasteiger partial charge is 0.123 e. The lowest BCUT2D eigenvalue weighted by atomic mass is 10.1. The van der Waals surface area contributed by atoms with E-state index >= 15 is 0 Å². The van der Waals surface area contributed by atoms with Gasteiger partial charge >= 0.3 is 0 Å². The van der Waals surface area contributed by atoms with E-state index in [4.69, 9.17) is 0 Å². The minimum absolute atomic E-state index is 0.191. The van der Waals surface area contributed by atoms with Crippen LogP contribution in [0.5, 0.6) is 0 Å². The van der Waals surface area contributed by atoms with Gasteiger partial charge in [-0.1, -0.05) is 30.3 Å². The van der Waals surface area contributed by atoms with E-state index in [9.17, 15) is 4.39 Å². The van der Waals surface area contributed by atoms with Crippen molar-refractivity contribution >= 4 is 10.9 Å². The maximum atomic E-state index is 12.8. The molecular weight excluding hydrogens is 227 g/mol. The number of rotatable bonds is 3. The van der Waals surface area contributed by atoms with Gasteiger partial charge in [-0.05, 0) is 30.2 Å². The van der Waals surface area contributed by atoms with Crippen LogP contribution in [0.2, 0.25) is 0 Å². The quantitative estimate of drug-likeness (QED) is 0.686. The molecule has 3 rings (SSSR count). The van der Waals surface area contributed by atoms with Gasteiger partial charge in [-0.15, -0.1) is 0 Å². The Morgan fingerprint density at radius 1 is 1.00 bits per heavy atom. The van der Waals surface area contributed by atoms with E-state index in [-0.39, 0.29) is 5.82 Å². The zero-order valence-electron chi connectivity index (χ0n) is 9.88. The summed E-state index contributed by atoms with van der Waals surface area (Å²) in [6.07, 6.45) is 2.73. The summed E-state index contributed by atoms with van der Waals surface area (Å²) >= 11 is 0. The standard InChI is InChI=1S/C15H13FN2/c16-14-7-5-12(6-8-14)9-10-18-15-4-2-1-3-13(15)11-17-18/h1-8,11H,9-10H2. The Morgan fingerprint density at radius 2 is 1.78 bits per heavy atom. The van der Waals surface area contributed by atoms with Gasteiger partial charge in [0.05, 0.1) is 11.7 Å². The van der Waals surface area contributed by atoms with E-state index in [1.165, 1.54) is 12.1 Å². The van der Waals surface area contributed by atoms with E-state index in [1.54, 1.807) is 0 Å². The van der Waals surface area contributed by atoms with Gasteiger partial charge in [-0.3, -0.25) is 4.68 Å². The van der Waals surface area contributed by atoms with Crippen molar-refractivity contribution in [3.05, 3.63) is 66.1 Å². The molecule has 0 N–H and O–H groups in total. The Balaban J connectivity index is 1.79. The number of aryl methyl sites for hydroxylation is 2. The van der Waals surface area contributed by atoms with Crippen LogP contribution in [0.3, 0.4) is 0 Å². The Bertz CT molecular complexity index is 656. The van der Waals surface area contributed by atoms with E-state index < -0.39 is 0 Å². The molecule has 3 aromatic rings. The highest BCUT2D eigenvalue weighted by Gasteiger charge is 2.01. The molecule has 0 atom stereocenters. The molecule has 0 spiro atoms. The third-order valence-corrected chi connectivity index (χ3v) is 3.08. The molecule has 90 valence electrons. The molecule has 0 saturated carbocycles. The lowest BCUT2D eigenvalue weighted by molar-refractivity contribution is 0.620. The molecule has 0 aliphatic rings. The second kappa shape index (κ2) is 4.61. The first kappa shape index (κ1) is 11.0. The summed E-state index contributed by atoms with van der Waals surface area (Å²) in [4.78, 5) is 0. The third kappa shape index (κ3) is 2.12. The van der Waals surface area contributed by atoms with Crippen molar-refractivity contribution in [1.82, 2.24) is 9.78 Å². The molecule has 0 fully saturated rings. The SMILES string of the molecule is Fc1ccc(CCn2ncc3ccccc32)cc1. The van der Waals surface area contributed by atoms with Crippen LogP contribution in [0, 0.1) is 5.82 Å². The van der Waals surface area contributed by atoms with Gasteiger partial charge in [-0.25, -0.2) is 4.39 Å². The first-order chi connectivity index (χ1) is 8.83. The maximum Gasteiger partial charge on any atom is 0.123 e. The number of aromatic nitrogens is 2. The van der Waals surface area contributed by atoms with E-state index in [1.807, 2.05) is 35.1 Å². The van der Waals surface area contributed by atoms with E-state index in [0.717, 1.165) is 29.4 Å². The summed E-state index contributed by atoms with van der Waals surface area (Å²) in [5.41, 5.74) is 2.26. The lowest BCUT2D eigenvalue weighted by Crippen LogP contribution is -2.02. The van der Waals surface area contributed by atoms with Crippen molar-refractivity contribution in [2.24, 2.45) is 0 Å². The molecule has 0 unspecified atom stereocenters. The summed E-state index contributed by atoms with van der Waals surface area (Å²) in [6.45, 7) is 0.805. The average molecular weight is 240 g/mol. The predicted octanol–water partition coefficient (Wildman–Crippen LogP) is 3.42. The minimum atomic E-state index is -0.191. The highest BCUT2D eigenvalue weighted by molar-refractivity contribution is 5.78. The van der Waals surface area contributed by atoms with Crippen LogP contribution in [0.25, 0.3) is 10.9 Å². The van der Waals surface area contributed by atoms with E-state index in [0.29, 0.717) is 0 Å². The molecule has 1 aromatic heterocycles. The van der Waals surface area contributed by atoms with Gasteiger partial charge < -0.3 is 0 Å². The van der Waals surface area contributed by atoms with Gasteiger partial charge in [0.25, 0.3) is 0 Å². The predicted molar refractivity (Wildman–Crippen MR) is 69.8 cm³/mol. The van der Waals surface area contributed by atoms with Crippen LogP contribution in [-0.2, 0) is 13.0 Å². The van der Waals surface area contributed by atoms with Crippen molar-refractivity contribution in [2.45, 2.75) is 13.0 Å². The number of benzene rings is 2. The largest absolute Gasteiger partial charge is 0.265 e. The third-order valence-electron chi connectivity index (χ3n) is 3.08. The first-order valence-electron chi connectivity index (χ1n) is 5.98. The maximum absolute atomic E-state index is 12.8. The number of halogens is 1. The topological polar surface area (TPSA) is 17.8 Å². The molecule has 0 bridgehead atoms. The summed E-state index contributed by atoms with van der Waals surface area (Å²) in [5.74, 6) is -0.191. The number of nitrogens with zero attached hydrogens (tertiary/aromatic N) is 2. The highest BCUT2D eigenvalue weighted by atomic mass is 19.1. The van der Waals surface area contributed by atoms with Crippen molar-refractivity contribution in [3.8, 4) is 0 Å². The van der Waals surface area contributed by atoms with E-state index in [2.05, 4.69) is 17.2 Å². The van der Waals surface area contributed by atoms with Crippen LogP contribution >= 0.6 is 0 Å². The Hall–Kier alpha value is -2.16. The zero-order chi connectivity index (χ0) is 12.4. The molecule has 1 heterocycles. The molecule has 0 radical (unpaired) electrons. The van der Waals surface area contributed by atoms with Gasteiger partial charge in [0.15, 0.2) is 0 Å². The fraction of sp³-hybridized carbons (Fsp3) is 0.133. The second-order valence-electron chi connectivity index (χ2n) is 4.30. The van der Waals surface area contributed by atoms with Crippen LogP contribution in [0.15, 0.2) is 54.7 Å². The molecule has 0 aliphatic carbocycles. The fourth-order valence-corrected chi connectivity index (χ4v) is 2.09. The minimum Gasteiger partial charge on any atom is -0.265 e. The van der Waals surface area contributed by atoms with Crippen molar-refractivity contribution in [1.29, 1.82) is 0 Å². The number of hydrogen-bond donors (Lipinski definition) is 0. The van der Waals surface area contributed by atoms with Crippen LogP contribution in [-0.4, -0.2) is 9.78 Å². The van der Waals surface area contributed by atoms with Gasteiger partial charge in [-0.2, -0.15) is 5.10 Å². The molecular formula is C15H13FN2. The lowest BCUT2D eigenvalue weighted by Gasteiger charge is -2.04. The Kier molecular flexibility index (Phi) is 2.81. The molecule has 18 heavy (non-hydrogen) atoms. The van der Waals surface area contributed by atoms with Crippen molar-refractivity contribution < 1.29 is 4.39 Å². The normalized spacial score (nSPS) is 10.9. The molecule has 0 saturated heterocycles. The molecule has 0 aliphatic heterocycles. The molecule has 0 amide bonds. The summed E-state index contributed by atoms with van der Waals surface area (Å²) in [7, 11) is 0. The summed E-state index contributed by atoms with van der Waals surface area (Å²) in [6, 6.07) is 14.8. The van der Waals surface area contributed by atoms with Gasteiger partial charge in [0.1, 0.15) is 5.82 Å². The number of fused-ring (bicyclic) bond motifs is 1. The number of para-hydroxylation sites is 1. The number of hydrogen-bond acceptors (Lipinski definition) is 1. The van der Waals surface area contributed by atoms with Crippen molar-refractivity contribution in [3.63, 3.8) is 0 Å². The Labute approximate surface area is 105 Å². The summed E-state index contributed by atoms with van der Waals surface area (Å²) < 4.78 is 14.8. The Morgan fingerprint density at radius 3 is 2.61 bits per heavy atom. The van der Waals surface area contributed by atoms with Gasteiger partial charge in [0, 0.05) is 11.9 Å².